The van der Waals surface area contributed by atoms with Crippen LogP contribution < -0.4 is 4.18 Å². The van der Waals surface area contributed by atoms with Gasteiger partial charge >= 0.3 is 10.1 Å². The molecule has 8 heteroatoms. The molecule has 0 aliphatic carbocycles. The van der Waals surface area contributed by atoms with Gasteiger partial charge in [-0.05, 0) is 42.8 Å². The van der Waals surface area contributed by atoms with Crippen LogP contribution in [0.3, 0.4) is 0 Å². The Bertz CT molecular complexity index is 1060. The molecule has 0 unspecified atom stereocenters. The van der Waals surface area contributed by atoms with Gasteiger partial charge in [0.05, 0.1) is 18.6 Å². The van der Waals surface area contributed by atoms with Gasteiger partial charge in [-0.3, -0.25) is 4.79 Å². The third-order valence-electron chi connectivity index (χ3n) is 4.21. The highest BCUT2D eigenvalue weighted by atomic mass is 32.2. The van der Waals surface area contributed by atoms with Crippen LogP contribution >= 0.6 is 0 Å². The molecule has 0 spiro atoms. The topological polar surface area (TPSA) is 76.8 Å². The van der Waals surface area contributed by atoms with Crippen molar-refractivity contribution in [2.24, 2.45) is 0 Å². The number of amides is 1. The van der Waals surface area contributed by atoms with Crippen LogP contribution in [0, 0.1) is 5.82 Å². The van der Waals surface area contributed by atoms with Gasteiger partial charge < -0.3 is 13.5 Å². The van der Waals surface area contributed by atoms with E-state index in [1.54, 1.807) is 42.5 Å². The fraction of sp³-hybridized carbons (Fsp3) is 0.190. The molecular weight excluding hydrogens is 397 g/mol. The highest BCUT2D eigenvalue weighted by Gasteiger charge is 2.22. The smallest absolute Gasteiger partial charge is 0.308 e. The molecule has 6 nitrogen and oxygen atoms in total. The van der Waals surface area contributed by atoms with Crippen LogP contribution in [0.25, 0.3) is 0 Å². The van der Waals surface area contributed by atoms with E-state index in [1.165, 1.54) is 36.3 Å². The Morgan fingerprint density at radius 3 is 2.41 bits per heavy atom. The number of hydrogen-bond donors (Lipinski definition) is 0. The van der Waals surface area contributed by atoms with Crippen LogP contribution in [-0.4, -0.2) is 25.0 Å². The van der Waals surface area contributed by atoms with E-state index in [9.17, 15) is 17.6 Å². The predicted octanol–water partition coefficient (Wildman–Crippen LogP) is 3.99. The highest BCUT2D eigenvalue weighted by molar-refractivity contribution is 7.87. The standard InChI is InChI=1S/C21H20FNO5S/c1-2-29(25,26)28-19-7-4-3-6-17(19)15-23(21(24)20-8-5-13-27-20)14-16-9-11-18(22)12-10-16/h3-13H,2,14-15H2,1H3. The molecule has 0 aliphatic heterocycles. The van der Waals surface area contributed by atoms with Crippen molar-refractivity contribution in [1.82, 2.24) is 4.90 Å². The fourth-order valence-corrected chi connectivity index (χ4v) is 3.24. The van der Waals surface area contributed by atoms with E-state index >= 15 is 0 Å². The van der Waals surface area contributed by atoms with Crippen LogP contribution in [0.1, 0.15) is 28.6 Å². The lowest BCUT2D eigenvalue weighted by molar-refractivity contribution is 0.0697. The van der Waals surface area contributed by atoms with E-state index < -0.39 is 10.1 Å². The lowest BCUT2D eigenvalue weighted by Gasteiger charge is -2.23. The van der Waals surface area contributed by atoms with Gasteiger partial charge in [0, 0.05) is 12.1 Å². The van der Waals surface area contributed by atoms with E-state index in [4.69, 9.17) is 8.60 Å². The van der Waals surface area contributed by atoms with Crippen LogP contribution in [0.2, 0.25) is 0 Å². The summed E-state index contributed by atoms with van der Waals surface area (Å²) in [4.78, 5) is 14.4. The number of rotatable bonds is 8. The molecule has 0 saturated carbocycles. The number of halogens is 1. The lowest BCUT2D eigenvalue weighted by Crippen LogP contribution is -2.30. The summed E-state index contributed by atoms with van der Waals surface area (Å²) in [6.45, 7) is 1.74. The summed E-state index contributed by atoms with van der Waals surface area (Å²) < 4.78 is 47.4. The minimum atomic E-state index is -3.72. The second-order valence-corrected chi connectivity index (χ2v) is 8.16. The van der Waals surface area contributed by atoms with Crippen molar-refractivity contribution in [3.8, 4) is 5.75 Å². The van der Waals surface area contributed by atoms with Crippen molar-refractivity contribution in [3.63, 3.8) is 0 Å². The zero-order chi connectivity index (χ0) is 20.9. The number of carbonyl (C=O) groups excluding carboxylic acids is 1. The molecule has 0 aliphatic rings. The number of hydrogen-bond acceptors (Lipinski definition) is 5. The first-order valence-corrected chi connectivity index (χ1v) is 10.5. The maximum absolute atomic E-state index is 13.2. The van der Waals surface area contributed by atoms with Crippen molar-refractivity contribution in [2.45, 2.75) is 20.0 Å². The van der Waals surface area contributed by atoms with Crippen LogP contribution in [-0.2, 0) is 23.2 Å². The third kappa shape index (κ3) is 5.45. The number of furan rings is 1. The average Bonchev–Trinajstić information content (AvgIpc) is 3.24. The van der Waals surface area contributed by atoms with Gasteiger partial charge in [-0.1, -0.05) is 30.3 Å². The zero-order valence-electron chi connectivity index (χ0n) is 15.7. The highest BCUT2D eigenvalue weighted by Crippen LogP contribution is 2.24. The largest absolute Gasteiger partial charge is 0.459 e. The van der Waals surface area contributed by atoms with Crippen molar-refractivity contribution >= 4 is 16.0 Å². The number of nitrogens with zero attached hydrogens (tertiary/aromatic N) is 1. The van der Waals surface area contributed by atoms with Gasteiger partial charge in [0.1, 0.15) is 11.6 Å². The van der Waals surface area contributed by atoms with Gasteiger partial charge in [-0.25, -0.2) is 4.39 Å². The van der Waals surface area contributed by atoms with E-state index in [0.717, 1.165) is 0 Å². The Hall–Kier alpha value is -3.13. The van der Waals surface area contributed by atoms with Crippen molar-refractivity contribution in [1.29, 1.82) is 0 Å². The van der Waals surface area contributed by atoms with Crippen LogP contribution in [0.4, 0.5) is 4.39 Å². The van der Waals surface area contributed by atoms with Gasteiger partial charge in [-0.2, -0.15) is 8.42 Å². The zero-order valence-corrected chi connectivity index (χ0v) is 16.6. The summed E-state index contributed by atoms with van der Waals surface area (Å²) in [6.07, 6.45) is 1.40. The van der Waals surface area contributed by atoms with E-state index in [0.29, 0.717) is 11.1 Å². The minimum absolute atomic E-state index is 0.0757. The van der Waals surface area contributed by atoms with Crippen LogP contribution in [0.15, 0.2) is 71.3 Å². The molecule has 1 heterocycles. The number of carbonyl (C=O) groups is 1. The lowest BCUT2D eigenvalue weighted by atomic mass is 10.1. The minimum Gasteiger partial charge on any atom is -0.459 e. The molecule has 0 atom stereocenters. The van der Waals surface area contributed by atoms with Crippen molar-refractivity contribution < 1.29 is 26.2 Å². The van der Waals surface area contributed by atoms with Gasteiger partial charge in [0.25, 0.3) is 5.91 Å². The van der Waals surface area contributed by atoms with E-state index in [1.807, 2.05) is 0 Å². The summed E-state index contributed by atoms with van der Waals surface area (Å²) in [5.41, 5.74) is 1.23. The summed E-state index contributed by atoms with van der Waals surface area (Å²) in [5.74, 6) is -0.627. The maximum Gasteiger partial charge on any atom is 0.308 e. The Balaban J connectivity index is 1.91. The normalized spacial score (nSPS) is 11.2. The molecule has 152 valence electrons. The number of benzene rings is 2. The van der Waals surface area contributed by atoms with Crippen LogP contribution in [0.5, 0.6) is 5.75 Å². The molecule has 2 aromatic carbocycles. The summed E-state index contributed by atoms with van der Waals surface area (Å²) >= 11 is 0. The molecule has 0 bridgehead atoms. The molecule has 3 aromatic rings. The molecule has 0 radical (unpaired) electrons. The molecule has 1 aromatic heterocycles. The number of para-hydroxylation sites is 1. The monoisotopic (exact) mass is 417 g/mol. The molecular formula is C21H20FNO5S. The van der Waals surface area contributed by atoms with Crippen molar-refractivity contribution in [2.75, 3.05) is 5.75 Å². The quantitative estimate of drug-likeness (QED) is 0.518. The first-order chi connectivity index (χ1) is 13.9. The second kappa shape index (κ2) is 8.91. The predicted molar refractivity (Wildman–Crippen MR) is 105 cm³/mol. The molecule has 3 rings (SSSR count). The van der Waals surface area contributed by atoms with Gasteiger partial charge in [0.15, 0.2) is 5.76 Å². The first-order valence-electron chi connectivity index (χ1n) is 8.95. The molecule has 0 fully saturated rings. The summed E-state index contributed by atoms with van der Waals surface area (Å²) in [5, 5.41) is 0. The summed E-state index contributed by atoms with van der Waals surface area (Å²) in [7, 11) is -3.72. The van der Waals surface area contributed by atoms with E-state index in [2.05, 4.69) is 0 Å². The fourth-order valence-electron chi connectivity index (χ4n) is 2.68. The molecule has 0 N–H and O–H groups in total. The molecule has 1 amide bonds. The third-order valence-corrected chi connectivity index (χ3v) is 5.35. The molecule has 29 heavy (non-hydrogen) atoms. The van der Waals surface area contributed by atoms with Gasteiger partial charge in [-0.15, -0.1) is 0 Å². The van der Waals surface area contributed by atoms with E-state index in [-0.39, 0.29) is 42.1 Å². The average molecular weight is 417 g/mol. The summed E-state index contributed by atoms with van der Waals surface area (Å²) in [6, 6.07) is 15.6. The Morgan fingerprint density at radius 2 is 1.76 bits per heavy atom. The Morgan fingerprint density at radius 1 is 1.03 bits per heavy atom. The second-order valence-electron chi connectivity index (χ2n) is 6.30. The Kier molecular flexibility index (Phi) is 6.33. The Labute approximate surface area is 168 Å². The first kappa shape index (κ1) is 20.6. The molecule has 0 saturated heterocycles. The SMILES string of the molecule is CCS(=O)(=O)Oc1ccccc1CN(Cc1ccc(F)cc1)C(=O)c1ccco1. The maximum atomic E-state index is 13.2. The van der Waals surface area contributed by atoms with Crippen molar-refractivity contribution in [3.05, 3.63) is 89.6 Å². The van der Waals surface area contributed by atoms with Gasteiger partial charge in [0.2, 0.25) is 0 Å².